The quantitative estimate of drug-likeness (QED) is 0.570. The van der Waals surface area contributed by atoms with Gasteiger partial charge in [-0.25, -0.2) is 0 Å². The van der Waals surface area contributed by atoms with Gasteiger partial charge >= 0.3 is 21.7 Å². The first-order chi connectivity index (χ1) is 13.1. The Kier molecular flexibility index (Phi) is 11.6. The number of benzene rings is 2. The monoisotopic (exact) mass is 508 g/mol. The van der Waals surface area contributed by atoms with Crippen LogP contribution in [-0.4, -0.2) is 32.8 Å². The molecular formula is C25H34Cl2N2SiTi. The Morgan fingerprint density at radius 1 is 0.774 bits per heavy atom. The van der Waals surface area contributed by atoms with E-state index in [1.165, 1.54) is 28.0 Å². The molecule has 0 radical (unpaired) electrons. The van der Waals surface area contributed by atoms with E-state index in [-0.39, 0.29) is 52.1 Å². The molecule has 0 heterocycles. The van der Waals surface area contributed by atoms with Gasteiger partial charge in [0.15, 0.2) is 0 Å². The van der Waals surface area contributed by atoms with E-state index in [0.717, 1.165) is 6.42 Å². The number of hydrogen-bond donors (Lipinski definition) is 1. The maximum absolute atomic E-state index is 4.00. The van der Waals surface area contributed by atoms with Crippen molar-refractivity contribution < 1.29 is 46.5 Å². The third-order valence-electron chi connectivity index (χ3n) is 5.29. The second kappa shape index (κ2) is 11.9. The van der Waals surface area contributed by atoms with Crippen molar-refractivity contribution in [2.24, 2.45) is 0 Å². The average Bonchev–Trinajstić information content (AvgIpc) is 3.03. The molecule has 1 aliphatic rings. The number of rotatable bonds is 5. The minimum Gasteiger partial charge on any atom is -1.00 e. The summed E-state index contributed by atoms with van der Waals surface area (Å²) in [4.78, 5) is 6.31. The summed E-state index contributed by atoms with van der Waals surface area (Å²) in [7, 11) is 2.50. The summed E-state index contributed by atoms with van der Waals surface area (Å²) in [5, 5.41) is 1.59. The number of allylic oxidation sites excluding steroid dienone is 3. The van der Waals surface area contributed by atoms with Crippen LogP contribution in [0, 0.1) is 0 Å². The van der Waals surface area contributed by atoms with Crippen LogP contribution in [0.25, 0.3) is 11.1 Å². The van der Waals surface area contributed by atoms with Crippen LogP contribution in [0.3, 0.4) is 0 Å². The van der Waals surface area contributed by atoms with Gasteiger partial charge in [-0.05, 0) is 37.5 Å². The molecule has 3 rings (SSSR count). The first-order valence-corrected chi connectivity index (χ1v) is 13.1. The number of hydrogen-bond acceptors (Lipinski definition) is 2. The van der Waals surface area contributed by atoms with Crippen LogP contribution in [0.2, 0.25) is 13.1 Å². The van der Waals surface area contributed by atoms with Crippen LogP contribution in [0.15, 0.2) is 71.6 Å². The van der Waals surface area contributed by atoms with Crippen LogP contribution < -0.4 is 29.8 Å². The molecule has 0 fully saturated rings. The summed E-state index contributed by atoms with van der Waals surface area (Å²) in [6, 6.07) is 21.8. The molecule has 1 aliphatic carbocycles. The van der Waals surface area contributed by atoms with Crippen molar-refractivity contribution in [3.05, 3.63) is 82.7 Å². The predicted octanol–water partition coefficient (Wildman–Crippen LogP) is -0.0453. The van der Waals surface area contributed by atoms with E-state index in [9.17, 15) is 0 Å². The van der Waals surface area contributed by atoms with Gasteiger partial charge in [-0.2, -0.15) is 0 Å². The summed E-state index contributed by atoms with van der Waals surface area (Å²) in [5.41, 5.74) is 6.96. The first-order valence-electron chi connectivity index (χ1n) is 10.1. The fourth-order valence-corrected chi connectivity index (χ4v) is 7.94. The van der Waals surface area contributed by atoms with Crippen LogP contribution in [-0.2, 0) is 21.7 Å². The Labute approximate surface area is 217 Å². The zero-order chi connectivity index (χ0) is 20.5. The van der Waals surface area contributed by atoms with Gasteiger partial charge in [-0.15, -0.1) is 0 Å². The topological polar surface area (TPSA) is 15.3 Å². The van der Waals surface area contributed by atoms with Crippen molar-refractivity contribution >= 4 is 19.4 Å². The van der Waals surface area contributed by atoms with Gasteiger partial charge in [-0.1, -0.05) is 79.0 Å². The SMILES string of the molecule is CN(C)C1=C(c2ccccc2)C(c2ccccc2)=C([Si](C)(C)NC(C)(C)C)C1.[Cl-].[Cl-].[Ti+2]. The van der Waals surface area contributed by atoms with Gasteiger partial charge in [0.2, 0.25) is 0 Å². The van der Waals surface area contributed by atoms with E-state index in [2.05, 4.69) is 119 Å². The Morgan fingerprint density at radius 2 is 1.19 bits per heavy atom. The van der Waals surface area contributed by atoms with E-state index >= 15 is 0 Å². The summed E-state index contributed by atoms with van der Waals surface area (Å²) in [6.45, 7) is 11.7. The normalized spacial score (nSPS) is 13.9. The number of nitrogens with one attached hydrogen (secondary N) is 1. The Balaban J connectivity index is 0.00000300. The number of halogens is 2. The third kappa shape index (κ3) is 7.09. The molecule has 0 amide bonds. The smallest absolute Gasteiger partial charge is 1.00 e. The summed E-state index contributed by atoms with van der Waals surface area (Å²) < 4.78 is 0. The molecule has 0 atom stereocenters. The van der Waals surface area contributed by atoms with Crippen LogP contribution in [0.1, 0.15) is 38.3 Å². The van der Waals surface area contributed by atoms with E-state index in [0.29, 0.717) is 0 Å². The average molecular weight is 509 g/mol. The molecule has 31 heavy (non-hydrogen) atoms. The van der Waals surface area contributed by atoms with Crippen molar-refractivity contribution in [2.75, 3.05) is 14.1 Å². The molecule has 0 saturated heterocycles. The first kappa shape index (κ1) is 30.2. The minimum atomic E-state index is -1.85. The Hall–Kier alpha value is -0.809. The van der Waals surface area contributed by atoms with Gasteiger partial charge in [0.05, 0.1) is 0 Å². The summed E-state index contributed by atoms with van der Waals surface area (Å²) >= 11 is 0. The number of nitrogens with zero attached hydrogens (tertiary/aromatic N) is 1. The largest absolute Gasteiger partial charge is 2.00 e. The molecule has 1 N–H and O–H groups in total. The van der Waals surface area contributed by atoms with Crippen LogP contribution >= 0.6 is 0 Å². The zero-order valence-electron chi connectivity index (χ0n) is 19.7. The fraction of sp³-hybridized carbons (Fsp3) is 0.360. The molecule has 0 saturated carbocycles. The third-order valence-corrected chi connectivity index (χ3v) is 8.60. The molecule has 2 aromatic carbocycles. The van der Waals surface area contributed by atoms with E-state index < -0.39 is 8.24 Å². The molecule has 166 valence electrons. The van der Waals surface area contributed by atoms with Crippen molar-refractivity contribution in [1.82, 2.24) is 9.88 Å². The second-order valence-corrected chi connectivity index (χ2v) is 13.6. The second-order valence-electron chi connectivity index (χ2n) is 9.48. The molecule has 0 unspecified atom stereocenters. The molecule has 0 spiro atoms. The maximum Gasteiger partial charge on any atom is 2.00 e. The van der Waals surface area contributed by atoms with E-state index in [1.54, 1.807) is 5.20 Å². The molecule has 0 aliphatic heterocycles. The van der Waals surface area contributed by atoms with Crippen molar-refractivity contribution in [3.8, 4) is 0 Å². The molecule has 0 bridgehead atoms. The Morgan fingerprint density at radius 3 is 1.58 bits per heavy atom. The standard InChI is InChI=1S/C25H34N2Si.2ClH.Ti/c1-25(2,3)26-28(6,7)22-18-21(27(4)5)23(19-14-10-8-11-15-19)24(22)20-16-12-9-13-17-20;;;/h8-17,26H,18H2,1-7H3;2*1H;/q;;;+2/p-2. The van der Waals surface area contributed by atoms with Crippen molar-refractivity contribution in [1.29, 1.82) is 0 Å². The molecule has 6 heteroatoms. The molecule has 0 aromatic heterocycles. The zero-order valence-corrected chi connectivity index (χ0v) is 23.8. The summed E-state index contributed by atoms with van der Waals surface area (Å²) in [5.74, 6) is 0. The van der Waals surface area contributed by atoms with Gasteiger partial charge in [0, 0.05) is 37.3 Å². The van der Waals surface area contributed by atoms with Gasteiger partial charge in [-0.3, -0.25) is 0 Å². The predicted molar refractivity (Wildman–Crippen MR) is 125 cm³/mol. The van der Waals surface area contributed by atoms with Gasteiger partial charge in [0.1, 0.15) is 8.24 Å². The van der Waals surface area contributed by atoms with Crippen LogP contribution in [0.5, 0.6) is 0 Å². The van der Waals surface area contributed by atoms with Gasteiger partial charge < -0.3 is 34.7 Å². The van der Waals surface area contributed by atoms with E-state index in [1.807, 2.05) is 0 Å². The van der Waals surface area contributed by atoms with E-state index in [4.69, 9.17) is 0 Å². The Bertz CT molecular complexity index is 902. The van der Waals surface area contributed by atoms with Gasteiger partial charge in [0.25, 0.3) is 0 Å². The fourth-order valence-electron chi connectivity index (χ4n) is 4.41. The minimum absolute atomic E-state index is 0. The van der Waals surface area contributed by atoms with Crippen molar-refractivity contribution in [2.45, 2.75) is 45.8 Å². The molecule has 2 nitrogen and oxygen atoms in total. The molecule has 2 aromatic rings. The summed E-state index contributed by atoms with van der Waals surface area (Å²) in [6.07, 6.45) is 1.02. The molecular weight excluding hydrogens is 475 g/mol. The van der Waals surface area contributed by atoms with Crippen LogP contribution in [0.4, 0.5) is 0 Å². The maximum atomic E-state index is 4.00. The van der Waals surface area contributed by atoms with Crippen molar-refractivity contribution in [3.63, 3.8) is 0 Å².